The van der Waals surface area contributed by atoms with E-state index in [2.05, 4.69) is 4.98 Å². The number of rotatable bonds is 4. The lowest BCUT2D eigenvalue weighted by Crippen LogP contribution is -2.28. The van der Waals surface area contributed by atoms with Crippen molar-refractivity contribution in [1.29, 1.82) is 0 Å². The van der Waals surface area contributed by atoms with E-state index in [9.17, 15) is 23.1 Å². The van der Waals surface area contributed by atoms with Crippen molar-refractivity contribution in [2.24, 2.45) is 0 Å². The Kier molecular flexibility index (Phi) is 5.11. The first-order valence-electron chi connectivity index (χ1n) is 9.20. The van der Waals surface area contributed by atoms with Crippen molar-refractivity contribution < 1.29 is 18.3 Å². The van der Waals surface area contributed by atoms with E-state index in [1.54, 1.807) is 25.1 Å². The highest BCUT2D eigenvalue weighted by atomic mass is 32.1. The third kappa shape index (κ3) is 3.59. The van der Waals surface area contributed by atoms with Crippen LogP contribution in [-0.2, 0) is 12.6 Å². The van der Waals surface area contributed by atoms with Crippen LogP contribution in [0.3, 0.4) is 0 Å². The molecular weight excluding hydrogens is 413 g/mol. The van der Waals surface area contributed by atoms with Gasteiger partial charge >= 0.3 is 6.18 Å². The number of phenolic OH excluding ortho intramolecular Hbond substituents is 1. The number of halogens is 3. The van der Waals surface area contributed by atoms with E-state index in [1.807, 2.05) is 30.3 Å². The fraction of sp³-hybridized carbons (Fsp3) is 0.182. The molecule has 0 saturated carbocycles. The highest BCUT2D eigenvalue weighted by molar-refractivity contribution is 7.16. The van der Waals surface area contributed by atoms with Crippen LogP contribution in [0.4, 0.5) is 13.2 Å². The Bertz CT molecular complexity index is 1260. The molecule has 8 heteroatoms. The van der Waals surface area contributed by atoms with E-state index in [-0.39, 0.29) is 16.4 Å². The van der Waals surface area contributed by atoms with Crippen molar-refractivity contribution in [3.63, 3.8) is 0 Å². The summed E-state index contributed by atoms with van der Waals surface area (Å²) in [6.45, 7) is 1.75. The minimum atomic E-state index is -4.66. The molecule has 0 aliphatic rings. The van der Waals surface area contributed by atoms with Gasteiger partial charge in [-0.3, -0.25) is 9.36 Å². The van der Waals surface area contributed by atoms with Crippen LogP contribution >= 0.6 is 11.3 Å². The van der Waals surface area contributed by atoms with E-state index in [0.717, 1.165) is 22.3 Å². The summed E-state index contributed by atoms with van der Waals surface area (Å²) in [5.41, 5.74) is -0.528. The normalized spacial score (nSPS) is 12.9. The molecule has 0 spiro atoms. The summed E-state index contributed by atoms with van der Waals surface area (Å²) in [7, 11) is 0. The van der Waals surface area contributed by atoms with E-state index >= 15 is 0 Å². The highest BCUT2D eigenvalue weighted by Gasteiger charge is 2.36. The van der Waals surface area contributed by atoms with Crippen LogP contribution in [0.15, 0.2) is 64.8 Å². The number of alkyl halides is 3. The lowest BCUT2D eigenvalue weighted by Gasteiger charge is -2.20. The molecule has 2 heterocycles. The molecule has 4 aromatic rings. The zero-order valence-corrected chi connectivity index (χ0v) is 16.7. The highest BCUT2D eigenvalue weighted by Crippen LogP contribution is 2.38. The number of benzene rings is 2. The van der Waals surface area contributed by atoms with Gasteiger partial charge in [0, 0.05) is 11.4 Å². The number of thiophene rings is 1. The van der Waals surface area contributed by atoms with Gasteiger partial charge < -0.3 is 5.11 Å². The Morgan fingerprint density at radius 3 is 2.43 bits per heavy atom. The summed E-state index contributed by atoms with van der Waals surface area (Å²) < 4.78 is 41.7. The van der Waals surface area contributed by atoms with Crippen molar-refractivity contribution >= 4 is 21.6 Å². The van der Waals surface area contributed by atoms with Gasteiger partial charge in [0.05, 0.1) is 16.5 Å². The molecule has 0 saturated heterocycles. The van der Waals surface area contributed by atoms with Crippen LogP contribution in [0.25, 0.3) is 21.6 Å². The fourth-order valence-electron chi connectivity index (χ4n) is 3.52. The van der Waals surface area contributed by atoms with Gasteiger partial charge in [0.15, 0.2) is 0 Å². The van der Waals surface area contributed by atoms with Gasteiger partial charge in [-0.25, -0.2) is 4.98 Å². The first-order chi connectivity index (χ1) is 14.3. The SMILES string of the molecule is C[C@H](Cc1ccccc1)n1c(-c2ccccc2O)nc2scc(C(F)(F)F)c2c1=O. The maximum absolute atomic E-state index is 13.5. The molecule has 154 valence electrons. The molecule has 30 heavy (non-hydrogen) atoms. The largest absolute Gasteiger partial charge is 0.507 e. The molecule has 0 unspecified atom stereocenters. The van der Waals surface area contributed by atoms with Crippen LogP contribution in [0.5, 0.6) is 5.75 Å². The minimum Gasteiger partial charge on any atom is -0.507 e. The monoisotopic (exact) mass is 430 g/mol. The van der Waals surface area contributed by atoms with Crippen molar-refractivity contribution in [1.82, 2.24) is 9.55 Å². The number of fused-ring (bicyclic) bond motifs is 1. The molecule has 0 fully saturated rings. The maximum atomic E-state index is 13.5. The van der Waals surface area contributed by atoms with Crippen LogP contribution in [-0.4, -0.2) is 14.7 Å². The topological polar surface area (TPSA) is 55.1 Å². The minimum absolute atomic E-state index is 0.00580. The maximum Gasteiger partial charge on any atom is 0.418 e. The van der Waals surface area contributed by atoms with Crippen molar-refractivity contribution in [2.75, 3.05) is 0 Å². The molecule has 1 N–H and O–H groups in total. The molecule has 1 atom stereocenters. The molecule has 0 aliphatic carbocycles. The molecule has 0 bridgehead atoms. The molecule has 0 aliphatic heterocycles. The zero-order valence-electron chi connectivity index (χ0n) is 15.8. The standard InChI is InChI=1S/C22H17F3N2O2S/c1-13(11-14-7-3-2-4-8-14)27-19(15-9-5-6-10-17(15)28)26-20-18(21(27)29)16(12-30-20)22(23,24)25/h2-10,12-13,28H,11H2,1H3/t13-/m1/s1. The quantitative estimate of drug-likeness (QED) is 0.455. The smallest absolute Gasteiger partial charge is 0.418 e. The van der Waals surface area contributed by atoms with Crippen molar-refractivity contribution in [3.8, 4) is 17.1 Å². The van der Waals surface area contributed by atoms with Gasteiger partial charge in [0.1, 0.15) is 16.4 Å². The third-order valence-electron chi connectivity index (χ3n) is 4.90. The number of para-hydroxylation sites is 1. The van der Waals surface area contributed by atoms with Gasteiger partial charge in [-0.15, -0.1) is 11.3 Å². The summed E-state index contributed by atoms with van der Waals surface area (Å²) in [6, 6.07) is 15.2. The first kappa shape index (κ1) is 20.2. The lowest BCUT2D eigenvalue weighted by atomic mass is 10.1. The Hall–Kier alpha value is -3.13. The van der Waals surface area contributed by atoms with Gasteiger partial charge in [0.25, 0.3) is 5.56 Å². The summed E-state index contributed by atoms with van der Waals surface area (Å²) in [6.07, 6.45) is -4.24. The number of aromatic hydroxyl groups is 1. The first-order valence-corrected chi connectivity index (χ1v) is 10.1. The summed E-state index contributed by atoms with van der Waals surface area (Å²) in [4.78, 5) is 17.7. The van der Waals surface area contributed by atoms with Crippen LogP contribution in [0.2, 0.25) is 0 Å². The van der Waals surface area contributed by atoms with Crippen molar-refractivity contribution in [3.05, 3.63) is 81.5 Å². The van der Waals surface area contributed by atoms with Crippen LogP contribution in [0, 0.1) is 0 Å². The molecule has 0 amide bonds. The average molecular weight is 430 g/mol. The predicted octanol–water partition coefficient (Wildman–Crippen LogP) is 5.65. The van der Waals surface area contributed by atoms with E-state index in [0.29, 0.717) is 12.0 Å². The third-order valence-corrected chi connectivity index (χ3v) is 5.78. The number of nitrogens with zero attached hydrogens (tertiary/aromatic N) is 2. The molecule has 2 aromatic heterocycles. The lowest BCUT2D eigenvalue weighted by molar-refractivity contribution is -0.136. The molecule has 4 rings (SSSR count). The molecule has 2 aromatic carbocycles. The molecular formula is C22H17F3N2O2S. The van der Waals surface area contributed by atoms with Crippen LogP contribution < -0.4 is 5.56 Å². The Morgan fingerprint density at radius 1 is 1.10 bits per heavy atom. The van der Waals surface area contributed by atoms with Gasteiger partial charge in [-0.05, 0) is 31.0 Å². The average Bonchev–Trinajstić information content (AvgIpc) is 3.14. The Morgan fingerprint density at radius 2 is 1.77 bits per heavy atom. The summed E-state index contributed by atoms with van der Waals surface area (Å²) >= 11 is 0.768. The second-order valence-corrected chi connectivity index (χ2v) is 7.85. The summed E-state index contributed by atoms with van der Waals surface area (Å²) in [5, 5.41) is 10.8. The van der Waals surface area contributed by atoms with E-state index < -0.39 is 28.7 Å². The van der Waals surface area contributed by atoms with Gasteiger partial charge in [-0.1, -0.05) is 42.5 Å². The fourth-order valence-corrected chi connectivity index (χ4v) is 4.46. The number of aromatic nitrogens is 2. The number of hydrogen-bond acceptors (Lipinski definition) is 4. The van der Waals surface area contributed by atoms with E-state index in [1.165, 1.54) is 10.6 Å². The van der Waals surface area contributed by atoms with E-state index in [4.69, 9.17) is 0 Å². The zero-order chi connectivity index (χ0) is 21.5. The predicted molar refractivity (Wildman–Crippen MR) is 111 cm³/mol. The van der Waals surface area contributed by atoms with Gasteiger partial charge in [-0.2, -0.15) is 13.2 Å². The number of phenols is 1. The molecule has 4 nitrogen and oxygen atoms in total. The van der Waals surface area contributed by atoms with Crippen molar-refractivity contribution in [2.45, 2.75) is 25.6 Å². The Balaban J connectivity index is 1.99. The number of hydrogen-bond donors (Lipinski definition) is 1. The summed E-state index contributed by atoms with van der Waals surface area (Å²) in [5.74, 6) is 0.0432. The van der Waals surface area contributed by atoms with Crippen LogP contribution in [0.1, 0.15) is 24.1 Å². The second kappa shape index (κ2) is 7.60. The Labute approximate surface area is 173 Å². The molecule has 0 radical (unpaired) electrons. The second-order valence-electron chi connectivity index (χ2n) is 6.99. The van der Waals surface area contributed by atoms with Gasteiger partial charge in [0.2, 0.25) is 0 Å².